The maximum absolute atomic E-state index is 8.82. The Labute approximate surface area is 127 Å². The van der Waals surface area contributed by atoms with Crippen LogP contribution in [0.25, 0.3) is 0 Å². The molecule has 3 nitrogen and oxygen atoms in total. The fraction of sp³-hybridized carbons (Fsp3) is 0.188. The molecule has 102 valence electrons. The second-order valence-corrected chi connectivity index (χ2v) is 5.39. The molecule has 0 fully saturated rings. The van der Waals surface area contributed by atoms with Crippen LogP contribution in [0.2, 0.25) is 0 Å². The molecule has 0 amide bonds. The quantitative estimate of drug-likeness (QED) is 0.851. The Hall–Kier alpha value is -1.99. The molecule has 0 unspecified atom stereocenters. The lowest BCUT2D eigenvalue weighted by molar-refractivity contribution is 0.409. The van der Waals surface area contributed by atoms with E-state index in [0.29, 0.717) is 5.56 Å². The fourth-order valence-electron chi connectivity index (χ4n) is 2.01. The molecule has 0 radical (unpaired) electrons. The highest BCUT2D eigenvalue weighted by atomic mass is 79.9. The topological polar surface area (TPSA) is 36.3 Å². The summed E-state index contributed by atoms with van der Waals surface area (Å²) in [7, 11) is 3.69. The number of halogens is 1. The molecule has 0 aliphatic heterocycles. The van der Waals surface area contributed by atoms with E-state index in [1.807, 2.05) is 43.4 Å². The van der Waals surface area contributed by atoms with Crippen LogP contribution in [0.1, 0.15) is 11.1 Å². The molecule has 0 saturated carbocycles. The molecule has 2 aromatic rings. The van der Waals surface area contributed by atoms with Crippen LogP contribution < -0.4 is 9.64 Å². The average Bonchev–Trinajstić information content (AvgIpc) is 2.47. The number of rotatable bonds is 4. The zero-order chi connectivity index (χ0) is 14.5. The maximum Gasteiger partial charge on any atom is 0.123 e. The third-order valence-corrected chi connectivity index (χ3v) is 3.58. The molecular formula is C16H15BrN2O. The van der Waals surface area contributed by atoms with Crippen molar-refractivity contribution in [1.29, 1.82) is 5.26 Å². The Morgan fingerprint density at radius 3 is 2.50 bits per heavy atom. The van der Waals surface area contributed by atoms with Crippen LogP contribution in [-0.4, -0.2) is 14.2 Å². The summed E-state index contributed by atoms with van der Waals surface area (Å²) < 4.78 is 6.41. The van der Waals surface area contributed by atoms with E-state index in [0.717, 1.165) is 28.0 Å². The Morgan fingerprint density at radius 1 is 1.20 bits per heavy atom. The zero-order valence-electron chi connectivity index (χ0n) is 11.4. The molecule has 2 aromatic carbocycles. The molecular weight excluding hydrogens is 316 g/mol. The molecule has 2 rings (SSSR count). The van der Waals surface area contributed by atoms with Gasteiger partial charge in [0.15, 0.2) is 0 Å². The third kappa shape index (κ3) is 3.31. The maximum atomic E-state index is 8.82. The SMILES string of the molecule is COc1ccc(Br)cc1CN(C)c1ccc(C#N)cc1. The van der Waals surface area contributed by atoms with E-state index in [2.05, 4.69) is 33.0 Å². The Kier molecular flexibility index (Phi) is 4.65. The lowest BCUT2D eigenvalue weighted by Crippen LogP contribution is -2.16. The Morgan fingerprint density at radius 2 is 1.90 bits per heavy atom. The van der Waals surface area contributed by atoms with E-state index in [9.17, 15) is 0 Å². The van der Waals surface area contributed by atoms with Crippen LogP contribution in [0, 0.1) is 11.3 Å². The van der Waals surface area contributed by atoms with E-state index < -0.39 is 0 Å². The van der Waals surface area contributed by atoms with Gasteiger partial charge in [0.25, 0.3) is 0 Å². The number of nitriles is 1. The van der Waals surface area contributed by atoms with Crippen LogP contribution in [0.5, 0.6) is 5.75 Å². The van der Waals surface area contributed by atoms with E-state index >= 15 is 0 Å². The van der Waals surface area contributed by atoms with Gasteiger partial charge in [-0.25, -0.2) is 0 Å². The first-order chi connectivity index (χ1) is 9.63. The van der Waals surface area contributed by atoms with Crippen LogP contribution >= 0.6 is 15.9 Å². The van der Waals surface area contributed by atoms with Crippen molar-refractivity contribution in [3.05, 3.63) is 58.1 Å². The van der Waals surface area contributed by atoms with Crippen molar-refractivity contribution in [2.24, 2.45) is 0 Å². The van der Waals surface area contributed by atoms with Gasteiger partial charge in [-0.2, -0.15) is 5.26 Å². The van der Waals surface area contributed by atoms with Gasteiger partial charge in [0.05, 0.1) is 18.7 Å². The Balaban J connectivity index is 2.20. The second-order valence-electron chi connectivity index (χ2n) is 4.47. The van der Waals surface area contributed by atoms with Crippen molar-refractivity contribution in [2.75, 3.05) is 19.1 Å². The predicted molar refractivity (Wildman–Crippen MR) is 84.0 cm³/mol. The average molecular weight is 331 g/mol. The lowest BCUT2D eigenvalue weighted by atomic mass is 10.1. The summed E-state index contributed by atoms with van der Waals surface area (Å²) in [6, 6.07) is 15.6. The molecule has 0 atom stereocenters. The molecule has 0 aliphatic rings. The van der Waals surface area contributed by atoms with Crippen molar-refractivity contribution in [1.82, 2.24) is 0 Å². The molecule has 0 N–H and O–H groups in total. The van der Waals surface area contributed by atoms with E-state index in [-0.39, 0.29) is 0 Å². The first kappa shape index (κ1) is 14.4. The number of ether oxygens (including phenoxy) is 1. The molecule has 0 spiro atoms. The van der Waals surface area contributed by atoms with Crippen molar-refractivity contribution in [3.63, 3.8) is 0 Å². The first-order valence-electron chi connectivity index (χ1n) is 6.17. The second kappa shape index (κ2) is 6.44. The number of hydrogen-bond acceptors (Lipinski definition) is 3. The van der Waals surface area contributed by atoms with Crippen LogP contribution in [0.3, 0.4) is 0 Å². The van der Waals surface area contributed by atoms with Crippen LogP contribution in [0.4, 0.5) is 5.69 Å². The molecule has 0 saturated heterocycles. The summed E-state index contributed by atoms with van der Waals surface area (Å²) in [5.74, 6) is 0.869. The minimum atomic E-state index is 0.669. The number of anilines is 1. The summed E-state index contributed by atoms with van der Waals surface area (Å²) in [6.07, 6.45) is 0. The van der Waals surface area contributed by atoms with E-state index in [4.69, 9.17) is 10.00 Å². The first-order valence-corrected chi connectivity index (χ1v) is 6.97. The molecule has 0 heterocycles. The number of benzene rings is 2. The number of hydrogen-bond donors (Lipinski definition) is 0. The highest BCUT2D eigenvalue weighted by Crippen LogP contribution is 2.25. The van der Waals surface area contributed by atoms with Gasteiger partial charge < -0.3 is 9.64 Å². The van der Waals surface area contributed by atoms with Gasteiger partial charge in [-0.3, -0.25) is 0 Å². The van der Waals surface area contributed by atoms with Crippen LogP contribution in [0.15, 0.2) is 46.9 Å². The predicted octanol–water partition coefficient (Wildman–Crippen LogP) is 3.97. The fourth-order valence-corrected chi connectivity index (χ4v) is 2.42. The number of methoxy groups -OCH3 is 1. The van der Waals surface area contributed by atoms with Gasteiger partial charge in [0.1, 0.15) is 5.75 Å². The minimum absolute atomic E-state index is 0.669. The summed E-state index contributed by atoms with van der Waals surface area (Å²) in [6.45, 7) is 0.731. The minimum Gasteiger partial charge on any atom is -0.496 e. The van der Waals surface area contributed by atoms with Gasteiger partial charge in [-0.15, -0.1) is 0 Å². The van der Waals surface area contributed by atoms with Gasteiger partial charge >= 0.3 is 0 Å². The highest BCUT2D eigenvalue weighted by molar-refractivity contribution is 9.10. The standard InChI is InChI=1S/C16H15BrN2O/c1-19(15-6-3-12(10-18)4-7-15)11-13-9-14(17)5-8-16(13)20-2/h3-9H,11H2,1-2H3. The van der Waals surface area contributed by atoms with Gasteiger partial charge in [0.2, 0.25) is 0 Å². The van der Waals surface area contributed by atoms with Gasteiger partial charge in [0, 0.05) is 29.3 Å². The van der Waals surface area contributed by atoms with Crippen molar-refractivity contribution in [3.8, 4) is 11.8 Å². The van der Waals surface area contributed by atoms with Crippen molar-refractivity contribution < 1.29 is 4.74 Å². The smallest absolute Gasteiger partial charge is 0.123 e. The van der Waals surface area contributed by atoms with Gasteiger partial charge in [-0.1, -0.05) is 15.9 Å². The largest absolute Gasteiger partial charge is 0.496 e. The molecule has 0 aromatic heterocycles. The van der Waals surface area contributed by atoms with E-state index in [1.165, 1.54) is 0 Å². The third-order valence-electron chi connectivity index (χ3n) is 3.09. The Bertz CT molecular complexity index is 632. The number of nitrogens with zero attached hydrogens (tertiary/aromatic N) is 2. The highest BCUT2D eigenvalue weighted by Gasteiger charge is 2.08. The summed E-state index contributed by atoms with van der Waals surface area (Å²) in [5.41, 5.74) is 2.84. The lowest BCUT2D eigenvalue weighted by Gasteiger charge is -2.21. The van der Waals surface area contributed by atoms with E-state index in [1.54, 1.807) is 7.11 Å². The van der Waals surface area contributed by atoms with Gasteiger partial charge in [-0.05, 0) is 42.5 Å². The molecule has 20 heavy (non-hydrogen) atoms. The molecule has 0 bridgehead atoms. The normalized spacial score (nSPS) is 9.90. The monoisotopic (exact) mass is 330 g/mol. The molecule has 0 aliphatic carbocycles. The summed E-state index contributed by atoms with van der Waals surface area (Å²) >= 11 is 3.48. The summed E-state index contributed by atoms with van der Waals surface area (Å²) in [4.78, 5) is 2.12. The zero-order valence-corrected chi connectivity index (χ0v) is 13.0. The van der Waals surface area contributed by atoms with Crippen molar-refractivity contribution in [2.45, 2.75) is 6.54 Å². The van der Waals surface area contributed by atoms with Crippen molar-refractivity contribution >= 4 is 21.6 Å². The molecule has 4 heteroatoms. The summed E-state index contributed by atoms with van der Waals surface area (Å²) in [5, 5.41) is 8.82. The van der Waals surface area contributed by atoms with Crippen LogP contribution in [-0.2, 0) is 6.54 Å².